The third kappa shape index (κ3) is 2.05. The smallest absolute Gasteiger partial charge is 0.188 e. The van der Waals surface area contributed by atoms with Gasteiger partial charge >= 0.3 is 0 Å². The minimum Gasteiger partial charge on any atom is -0.399 e. The van der Waals surface area contributed by atoms with Gasteiger partial charge in [-0.2, -0.15) is 0 Å². The molecule has 15 heavy (non-hydrogen) atoms. The number of nitrogens with two attached hydrogens (primary N) is 1. The van der Waals surface area contributed by atoms with Gasteiger partial charge in [0.1, 0.15) is 0 Å². The Morgan fingerprint density at radius 2 is 2.27 bits per heavy atom. The molecule has 0 amide bonds. The van der Waals surface area contributed by atoms with E-state index in [0.29, 0.717) is 10.7 Å². The number of thiazole rings is 1. The molecule has 0 aliphatic carbocycles. The van der Waals surface area contributed by atoms with Crippen LogP contribution in [0.2, 0.25) is 0 Å². The highest BCUT2D eigenvalue weighted by Crippen LogP contribution is 2.27. The van der Waals surface area contributed by atoms with Crippen LogP contribution in [-0.4, -0.2) is 10.8 Å². The number of hydrogen-bond donors (Lipinski definition) is 1. The molecule has 0 unspecified atom stereocenters. The van der Waals surface area contributed by atoms with E-state index in [4.69, 9.17) is 5.73 Å². The molecule has 0 saturated carbocycles. The van der Waals surface area contributed by atoms with Crippen molar-refractivity contribution in [1.29, 1.82) is 0 Å². The summed E-state index contributed by atoms with van der Waals surface area (Å²) < 4.78 is 0. The van der Waals surface area contributed by atoms with Crippen LogP contribution in [0.1, 0.15) is 16.7 Å². The van der Waals surface area contributed by atoms with Gasteiger partial charge in [0.25, 0.3) is 0 Å². The maximum absolute atomic E-state index is 11.1. The molecule has 3 nitrogen and oxygen atoms in total. The number of rotatable bonds is 2. The summed E-state index contributed by atoms with van der Waals surface area (Å²) in [7, 11) is 0. The van der Waals surface area contributed by atoms with Crippen LogP contribution in [0.3, 0.4) is 0 Å². The Hall–Kier alpha value is -1.68. The van der Waals surface area contributed by atoms with Crippen molar-refractivity contribution in [2.45, 2.75) is 6.92 Å². The van der Waals surface area contributed by atoms with E-state index >= 15 is 0 Å². The van der Waals surface area contributed by atoms with E-state index < -0.39 is 0 Å². The second-order valence-electron chi connectivity index (χ2n) is 3.21. The second kappa shape index (κ2) is 3.82. The molecule has 0 radical (unpaired) electrons. The Bertz CT molecular complexity index is 505. The molecule has 0 fully saturated rings. The van der Waals surface area contributed by atoms with E-state index in [9.17, 15) is 4.79 Å². The lowest BCUT2D eigenvalue weighted by Gasteiger charge is -1.97. The van der Waals surface area contributed by atoms with E-state index in [-0.39, 0.29) is 5.78 Å². The Morgan fingerprint density at radius 3 is 2.87 bits per heavy atom. The first-order valence-corrected chi connectivity index (χ1v) is 5.31. The predicted molar refractivity (Wildman–Crippen MR) is 62.0 cm³/mol. The van der Waals surface area contributed by atoms with Crippen molar-refractivity contribution < 1.29 is 4.79 Å². The lowest BCUT2D eigenvalue weighted by Crippen LogP contribution is -1.87. The largest absolute Gasteiger partial charge is 0.399 e. The van der Waals surface area contributed by atoms with Crippen molar-refractivity contribution in [3.8, 4) is 10.4 Å². The number of hydrogen-bond acceptors (Lipinski definition) is 4. The molecule has 0 atom stereocenters. The van der Waals surface area contributed by atoms with Gasteiger partial charge in [0.05, 0.1) is 4.88 Å². The standard InChI is InChI=1S/C11H10N2OS/c1-7(14)11-13-6-10(15-11)8-3-2-4-9(12)5-8/h2-6H,12H2,1H3. The predicted octanol–water partition coefficient (Wildman–Crippen LogP) is 2.59. The lowest BCUT2D eigenvalue weighted by atomic mass is 10.2. The first kappa shape index (κ1) is 9.86. The fourth-order valence-electron chi connectivity index (χ4n) is 1.26. The van der Waals surface area contributed by atoms with Gasteiger partial charge in [-0.25, -0.2) is 4.98 Å². The number of anilines is 1. The van der Waals surface area contributed by atoms with E-state index in [1.54, 1.807) is 6.20 Å². The molecule has 1 aromatic heterocycles. The zero-order valence-electron chi connectivity index (χ0n) is 8.23. The molecule has 2 N–H and O–H groups in total. The number of benzene rings is 1. The number of nitrogen functional groups attached to an aromatic ring is 1. The first-order chi connectivity index (χ1) is 7.16. The van der Waals surface area contributed by atoms with Crippen LogP contribution in [0.25, 0.3) is 10.4 Å². The zero-order chi connectivity index (χ0) is 10.8. The summed E-state index contributed by atoms with van der Waals surface area (Å²) >= 11 is 1.39. The molecular formula is C11H10N2OS. The average Bonchev–Trinajstić information content (AvgIpc) is 2.66. The third-order valence-corrected chi connectivity index (χ3v) is 3.13. The molecule has 0 bridgehead atoms. The highest BCUT2D eigenvalue weighted by atomic mass is 32.1. The summed E-state index contributed by atoms with van der Waals surface area (Å²) in [6.45, 7) is 1.52. The molecule has 0 spiro atoms. The highest BCUT2D eigenvalue weighted by molar-refractivity contribution is 7.17. The third-order valence-electron chi connectivity index (χ3n) is 1.98. The zero-order valence-corrected chi connectivity index (χ0v) is 9.04. The summed E-state index contributed by atoms with van der Waals surface area (Å²) in [6.07, 6.45) is 1.70. The van der Waals surface area contributed by atoms with Crippen molar-refractivity contribution >= 4 is 22.8 Å². The Morgan fingerprint density at radius 1 is 1.47 bits per heavy atom. The maximum atomic E-state index is 11.1. The molecule has 0 aliphatic heterocycles. The second-order valence-corrected chi connectivity index (χ2v) is 4.24. The van der Waals surface area contributed by atoms with Crippen LogP contribution in [0.5, 0.6) is 0 Å². The van der Waals surface area contributed by atoms with Gasteiger partial charge in [0, 0.05) is 18.8 Å². The Labute approximate surface area is 91.6 Å². The summed E-state index contributed by atoms with van der Waals surface area (Å²) in [5.41, 5.74) is 7.39. The van der Waals surface area contributed by atoms with Crippen LogP contribution in [0.15, 0.2) is 30.5 Å². The SMILES string of the molecule is CC(=O)c1ncc(-c2cccc(N)c2)s1. The van der Waals surface area contributed by atoms with Crippen LogP contribution >= 0.6 is 11.3 Å². The van der Waals surface area contributed by atoms with E-state index in [0.717, 1.165) is 10.4 Å². The van der Waals surface area contributed by atoms with Crippen LogP contribution < -0.4 is 5.73 Å². The molecule has 1 heterocycles. The fraction of sp³-hybridized carbons (Fsp3) is 0.0909. The number of aromatic nitrogens is 1. The summed E-state index contributed by atoms with van der Waals surface area (Å²) in [5.74, 6) is -0.00449. The molecule has 1 aromatic carbocycles. The minimum absolute atomic E-state index is 0.00449. The maximum Gasteiger partial charge on any atom is 0.188 e. The number of nitrogens with zero attached hydrogens (tertiary/aromatic N) is 1. The van der Waals surface area contributed by atoms with Gasteiger partial charge in [-0.1, -0.05) is 12.1 Å². The average molecular weight is 218 g/mol. The Balaban J connectivity index is 2.41. The van der Waals surface area contributed by atoms with Crippen LogP contribution in [0, 0.1) is 0 Å². The van der Waals surface area contributed by atoms with Crippen molar-refractivity contribution in [2.24, 2.45) is 0 Å². The van der Waals surface area contributed by atoms with Gasteiger partial charge in [0.2, 0.25) is 0 Å². The topological polar surface area (TPSA) is 56.0 Å². The molecule has 76 valence electrons. The summed E-state index contributed by atoms with van der Waals surface area (Å²) in [5, 5.41) is 0.535. The van der Waals surface area contributed by atoms with Crippen LogP contribution in [-0.2, 0) is 0 Å². The Kier molecular flexibility index (Phi) is 2.51. The quantitative estimate of drug-likeness (QED) is 0.622. The molecule has 0 aliphatic rings. The lowest BCUT2D eigenvalue weighted by molar-refractivity contribution is 0.101. The molecular weight excluding hydrogens is 208 g/mol. The highest BCUT2D eigenvalue weighted by Gasteiger charge is 2.07. The minimum atomic E-state index is -0.00449. The van der Waals surface area contributed by atoms with Gasteiger partial charge in [-0.05, 0) is 17.7 Å². The number of carbonyl (C=O) groups is 1. The molecule has 4 heteroatoms. The van der Waals surface area contributed by atoms with Crippen LogP contribution in [0.4, 0.5) is 5.69 Å². The molecule has 0 saturated heterocycles. The number of ketones is 1. The van der Waals surface area contributed by atoms with E-state index in [1.165, 1.54) is 18.3 Å². The van der Waals surface area contributed by atoms with Crippen molar-refractivity contribution in [3.63, 3.8) is 0 Å². The fourth-order valence-corrected chi connectivity index (χ4v) is 2.07. The van der Waals surface area contributed by atoms with Gasteiger partial charge in [-0.15, -0.1) is 11.3 Å². The van der Waals surface area contributed by atoms with Gasteiger partial charge < -0.3 is 5.73 Å². The monoisotopic (exact) mass is 218 g/mol. The summed E-state index contributed by atoms with van der Waals surface area (Å²) in [6, 6.07) is 7.54. The summed E-state index contributed by atoms with van der Waals surface area (Å²) in [4.78, 5) is 16.1. The normalized spacial score (nSPS) is 10.2. The molecule has 2 rings (SSSR count). The van der Waals surface area contributed by atoms with Crippen molar-refractivity contribution in [1.82, 2.24) is 4.98 Å². The van der Waals surface area contributed by atoms with E-state index in [2.05, 4.69) is 4.98 Å². The number of carbonyl (C=O) groups excluding carboxylic acids is 1. The van der Waals surface area contributed by atoms with Crippen molar-refractivity contribution in [3.05, 3.63) is 35.5 Å². The van der Waals surface area contributed by atoms with Gasteiger partial charge in [-0.3, -0.25) is 4.79 Å². The number of Topliss-reactive ketones (excluding diaryl/α,β-unsaturated/α-hetero) is 1. The first-order valence-electron chi connectivity index (χ1n) is 4.49. The van der Waals surface area contributed by atoms with Gasteiger partial charge in [0.15, 0.2) is 10.8 Å². The van der Waals surface area contributed by atoms with E-state index in [1.807, 2.05) is 24.3 Å². The van der Waals surface area contributed by atoms with Crippen molar-refractivity contribution in [2.75, 3.05) is 5.73 Å². The molecule has 2 aromatic rings.